The Balaban J connectivity index is 2.31. The summed E-state index contributed by atoms with van der Waals surface area (Å²) in [4.78, 5) is 70.2. The molecule has 1 aromatic carbocycles. The summed E-state index contributed by atoms with van der Waals surface area (Å²) in [6, 6.07) is 7.29. The van der Waals surface area contributed by atoms with E-state index in [-0.39, 0.29) is 59.8 Å². The van der Waals surface area contributed by atoms with Crippen molar-refractivity contribution in [1.82, 2.24) is 15.5 Å². The number of esters is 1. The van der Waals surface area contributed by atoms with Crippen molar-refractivity contribution in [3.05, 3.63) is 35.9 Å². The number of rotatable bonds is 19. The molecule has 12 heteroatoms. The van der Waals surface area contributed by atoms with E-state index in [4.69, 9.17) is 13.9 Å². The first-order valence-electron chi connectivity index (χ1n) is 20.4. The number of carbonyl (C=O) groups excluding carboxylic acids is 5. The quantitative estimate of drug-likeness (QED) is 0.106. The molecule has 3 amide bonds. The van der Waals surface area contributed by atoms with Crippen LogP contribution in [0.3, 0.4) is 0 Å². The zero-order valence-corrected chi connectivity index (χ0v) is 37.4. The van der Waals surface area contributed by atoms with Gasteiger partial charge in [0.1, 0.15) is 30.1 Å². The minimum Gasteiger partial charge on any atom is -0.459 e. The zero-order chi connectivity index (χ0) is 41.9. The van der Waals surface area contributed by atoms with Gasteiger partial charge in [0.15, 0.2) is 8.32 Å². The number of amides is 3. The lowest BCUT2D eigenvalue weighted by Gasteiger charge is -2.43. The van der Waals surface area contributed by atoms with Crippen LogP contribution < -0.4 is 10.6 Å². The fraction of sp³-hybridized carbons (Fsp3) is 0.744. The molecular weight excluding hydrogens is 715 g/mol. The molecule has 11 nitrogen and oxygen atoms in total. The van der Waals surface area contributed by atoms with Crippen molar-refractivity contribution in [1.29, 1.82) is 0 Å². The van der Waals surface area contributed by atoms with E-state index in [1.54, 1.807) is 25.7 Å². The largest absolute Gasteiger partial charge is 0.459 e. The van der Waals surface area contributed by atoms with Gasteiger partial charge in [0.25, 0.3) is 0 Å². The number of nitrogens with one attached hydrogen (secondary N) is 2. The Hall–Kier alpha value is -3.25. The molecule has 0 spiro atoms. The highest BCUT2D eigenvalue weighted by atomic mass is 28.4. The Kier molecular flexibility index (Phi) is 18.1. The van der Waals surface area contributed by atoms with Crippen LogP contribution in [0.4, 0.5) is 4.79 Å². The van der Waals surface area contributed by atoms with Crippen LogP contribution in [-0.2, 0) is 39.7 Å². The van der Waals surface area contributed by atoms with Crippen molar-refractivity contribution in [2.75, 3.05) is 6.54 Å². The van der Waals surface area contributed by atoms with Gasteiger partial charge in [-0.2, -0.15) is 0 Å². The van der Waals surface area contributed by atoms with E-state index in [2.05, 4.69) is 44.5 Å². The first kappa shape index (κ1) is 47.9. The Bertz CT molecular complexity index is 1420. The zero-order valence-electron chi connectivity index (χ0n) is 36.4. The van der Waals surface area contributed by atoms with Crippen LogP contribution in [-0.4, -0.2) is 79.3 Å². The highest BCUT2D eigenvalue weighted by Gasteiger charge is 2.44. The van der Waals surface area contributed by atoms with Crippen molar-refractivity contribution >= 4 is 38.0 Å². The number of alkyl carbamates (subject to hydrolysis) is 1. The van der Waals surface area contributed by atoms with Crippen LogP contribution in [0.25, 0.3) is 0 Å². The highest BCUT2D eigenvalue weighted by molar-refractivity contribution is 6.74. The first-order valence-corrected chi connectivity index (χ1v) is 23.3. The number of ether oxygens (including phenoxy) is 2. The lowest BCUT2D eigenvalue weighted by Crippen LogP contribution is -2.55. The van der Waals surface area contributed by atoms with Crippen molar-refractivity contribution in [3.63, 3.8) is 0 Å². The first-order chi connectivity index (χ1) is 25.4. The maximum absolute atomic E-state index is 14.1. The summed E-state index contributed by atoms with van der Waals surface area (Å²) in [6.45, 7) is 28.4. The van der Waals surface area contributed by atoms with E-state index in [1.165, 1.54) is 0 Å². The standard InChI is InChI=1S/C43H73N3O8Si/c1-15-30(6)37(45-41(51)53-42(7,8)9)36(54-55(13,14)43(10,11)12)26-32(47)25-33(29(4)5)38(48)44-34(24-28(2)3)39(49)46-23-19-22-35(46)40(50)52-27-31-20-17-16-18-21-31/h16-18,20-21,28-30,33-37H,15,19,22-27H2,1-14H3,(H,44,48)(H,45,51)/t30-,33-,34-,35-,36+,37-/m0/s1. The Morgan fingerprint density at radius 2 is 1.53 bits per heavy atom. The number of hydrogen-bond acceptors (Lipinski definition) is 8. The Morgan fingerprint density at radius 1 is 0.909 bits per heavy atom. The molecule has 6 atom stereocenters. The molecule has 2 rings (SSSR count). The van der Waals surface area contributed by atoms with Crippen LogP contribution in [0.1, 0.15) is 127 Å². The van der Waals surface area contributed by atoms with Crippen molar-refractivity contribution in [2.45, 2.75) is 176 Å². The molecule has 1 fully saturated rings. The van der Waals surface area contributed by atoms with Gasteiger partial charge in [0, 0.05) is 25.3 Å². The minimum absolute atomic E-state index is 0.00270. The topological polar surface area (TPSA) is 140 Å². The number of likely N-dealkylation sites (tertiary alicyclic amines) is 1. The SMILES string of the molecule is CC[C@H](C)[C@H](NC(=O)OC(C)(C)C)[C@@H](CC(=O)C[C@H](C(=O)N[C@@H](CC(C)C)C(=O)N1CCC[C@H]1C(=O)OCc1ccccc1)C(C)C)O[Si](C)(C)C(C)(C)C. The van der Waals surface area contributed by atoms with Gasteiger partial charge < -0.3 is 29.4 Å². The van der Waals surface area contributed by atoms with Crippen molar-refractivity contribution < 1.29 is 37.9 Å². The maximum Gasteiger partial charge on any atom is 0.407 e. The van der Waals surface area contributed by atoms with Crippen LogP contribution in [0.15, 0.2) is 30.3 Å². The summed E-state index contributed by atoms with van der Waals surface area (Å²) in [6.07, 6.45) is 0.987. The van der Waals surface area contributed by atoms with E-state index < -0.39 is 56.1 Å². The molecule has 0 bridgehead atoms. The predicted molar refractivity (Wildman–Crippen MR) is 220 cm³/mol. The molecule has 2 N–H and O–H groups in total. The second-order valence-corrected chi connectivity index (χ2v) is 23.5. The molecule has 0 aliphatic carbocycles. The van der Waals surface area contributed by atoms with Gasteiger partial charge in [-0.3, -0.25) is 14.4 Å². The summed E-state index contributed by atoms with van der Waals surface area (Å²) < 4.78 is 18.2. The van der Waals surface area contributed by atoms with Gasteiger partial charge >= 0.3 is 12.1 Å². The number of Topliss-reactive ketones (excluding diaryl/α,β-unsaturated/α-hetero) is 1. The van der Waals surface area contributed by atoms with Gasteiger partial charge in [-0.15, -0.1) is 0 Å². The summed E-state index contributed by atoms with van der Waals surface area (Å²) in [5.74, 6) is -2.20. The third-order valence-electron chi connectivity index (χ3n) is 11.0. The normalized spacial score (nSPS) is 18.0. The maximum atomic E-state index is 14.1. The number of hydrogen-bond donors (Lipinski definition) is 2. The van der Waals surface area contributed by atoms with Crippen LogP contribution in [0, 0.1) is 23.7 Å². The summed E-state index contributed by atoms with van der Waals surface area (Å²) >= 11 is 0. The van der Waals surface area contributed by atoms with E-state index in [0.29, 0.717) is 25.8 Å². The number of carbonyl (C=O) groups is 5. The molecule has 0 unspecified atom stereocenters. The minimum atomic E-state index is -2.44. The third kappa shape index (κ3) is 15.3. The monoisotopic (exact) mass is 788 g/mol. The van der Waals surface area contributed by atoms with Gasteiger partial charge in [0.2, 0.25) is 11.8 Å². The fourth-order valence-electron chi connectivity index (χ4n) is 6.55. The molecule has 1 aliphatic rings. The molecule has 0 aromatic heterocycles. The predicted octanol–water partition coefficient (Wildman–Crippen LogP) is 8.20. The molecule has 1 saturated heterocycles. The molecule has 0 saturated carbocycles. The Labute approximate surface area is 332 Å². The van der Waals surface area contributed by atoms with Crippen molar-refractivity contribution in [3.8, 4) is 0 Å². The molecular formula is C43H73N3O8Si. The number of ketones is 1. The van der Waals surface area contributed by atoms with E-state index in [0.717, 1.165) is 12.0 Å². The fourth-order valence-corrected chi connectivity index (χ4v) is 7.89. The summed E-state index contributed by atoms with van der Waals surface area (Å²) in [5, 5.41) is 5.89. The van der Waals surface area contributed by atoms with E-state index in [9.17, 15) is 24.0 Å². The highest BCUT2D eigenvalue weighted by Crippen LogP contribution is 2.39. The van der Waals surface area contributed by atoms with Gasteiger partial charge in [-0.25, -0.2) is 9.59 Å². The van der Waals surface area contributed by atoms with Gasteiger partial charge in [-0.1, -0.05) is 99.1 Å². The molecule has 1 heterocycles. The molecule has 1 aliphatic heterocycles. The summed E-state index contributed by atoms with van der Waals surface area (Å²) in [7, 11) is -2.44. The average Bonchev–Trinajstić information content (AvgIpc) is 3.56. The van der Waals surface area contributed by atoms with Crippen LogP contribution in [0.2, 0.25) is 18.1 Å². The average molecular weight is 788 g/mol. The molecule has 0 radical (unpaired) electrons. The molecule has 312 valence electrons. The van der Waals surface area contributed by atoms with Gasteiger partial charge in [0.05, 0.1) is 12.1 Å². The van der Waals surface area contributed by atoms with Gasteiger partial charge in [-0.05, 0) is 81.5 Å². The molecule has 1 aromatic rings. The van der Waals surface area contributed by atoms with Crippen LogP contribution in [0.5, 0.6) is 0 Å². The number of benzene rings is 1. The van der Waals surface area contributed by atoms with Crippen LogP contribution >= 0.6 is 0 Å². The lowest BCUT2D eigenvalue weighted by atomic mass is 9.86. The summed E-state index contributed by atoms with van der Waals surface area (Å²) in [5.41, 5.74) is 0.155. The smallest absolute Gasteiger partial charge is 0.407 e. The van der Waals surface area contributed by atoms with E-state index >= 15 is 0 Å². The molecule has 55 heavy (non-hydrogen) atoms. The Morgan fingerprint density at radius 3 is 2.05 bits per heavy atom. The second kappa shape index (κ2) is 20.8. The third-order valence-corrected chi connectivity index (χ3v) is 15.5. The lowest BCUT2D eigenvalue weighted by molar-refractivity contribution is -0.155. The second-order valence-electron chi connectivity index (χ2n) is 18.7. The number of nitrogens with zero attached hydrogens (tertiary/aromatic N) is 1. The van der Waals surface area contributed by atoms with E-state index in [1.807, 2.05) is 71.9 Å². The van der Waals surface area contributed by atoms with Crippen molar-refractivity contribution in [2.24, 2.45) is 23.7 Å².